The average molecular weight is 477 g/mol. The predicted molar refractivity (Wildman–Crippen MR) is 99.1 cm³/mol. The van der Waals surface area contributed by atoms with Crippen molar-refractivity contribution >= 4 is 0 Å². The molecule has 2 aliphatic carbocycles. The Labute approximate surface area is 155 Å². The fourth-order valence-corrected chi connectivity index (χ4v) is 9.54. The summed E-state index contributed by atoms with van der Waals surface area (Å²) in [7, 11) is 0. The molecule has 126 valence electrons. The second-order valence-corrected chi connectivity index (χ2v) is 11.7. The second kappa shape index (κ2) is 9.97. The van der Waals surface area contributed by atoms with Crippen molar-refractivity contribution in [3.63, 3.8) is 0 Å². The van der Waals surface area contributed by atoms with Crippen molar-refractivity contribution in [1.29, 1.82) is 0 Å². The average Bonchev–Trinajstić information content (AvgIpc) is 3.06. The molecule has 0 aromatic carbocycles. The van der Waals surface area contributed by atoms with Gasteiger partial charge in [0.1, 0.15) is 0 Å². The quantitative estimate of drug-likeness (QED) is 0.227. The molecule has 2 rings (SSSR count). The summed E-state index contributed by atoms with van der Waals surface area (Å²) in [6.07, 6.45) is 18.5. The molecule has 1 heteroatoms. The summed E-state index contributed by atoms with van der Waals surface area (Å²) in [5, 5.41) is 0. The number of rotatable bonds is 10. The van der Waals surface area contributed by atoms with Gasteiger partial charge >= 0.3 is 156 Å². The van der Waals surface area contributed by atoms with Gasteiger partial charge in [-0.1, -0.05) is 0 Å². The van der Waals surface area contributed by atoms with E-state index in [9.17, 15) is 0 Å². The van der Waals surface area contributed by atoms with Crippen LogP contribution in [0.25, 0.3) is 0 Å². The van der Waals surface area contributed by atoms with E-state index in [1.807, 2.05) is 6.66 Å². The van der Waals surface area contributed by atoms with Crippen LogP contribution in [0.15, 0.2) is 41.1 Å². The molecule has 0 aromatic heterocycles. The fraction of sp³-hybridized carbons (Fsp3) is 0.636. The van der Waals surface area contributed by atoms with Gasteiger partial charge in [0.2, 0.25) is 0 Å². The third-order valence-electron chi connectivity index (χ3n) is 5.15. The Morgan fingerprint density at radius 3 is 1.57 bits per heavy atom. The summed E-state index contributed by atoms with van der Waals surface area (Å²) in [6.45, 7) is 9.42. The number of unbranched alkanes of at least 4 members (excludes halogenated alkanes) is 4. The van der Waals surface area contributed by atoms with Crippen molar-refractivity contribution < 1.29 is 22.9 Å². The first-order chi connectivity index (χ1) is 11.2. The van der Waals surface area contributed by atoms with Gasteiger partial charge < -0.3 is 0 Å². The summed E-state index contributed by atoms with van der Waals surface area (Å²) in [5.74, 6) is 0. The van der Waals surface area contributed by atoms with E-state index in [2.05, 4.69) is 39.8 Å². The Balaban J connectivity index is 2.01. The number of hydrogen-bond donors (Lipinski definition) is 0. The van der Waals surface area contributed by atoms with Crippen molar-refractivity contribution in [3.8, 4) is 0 Å². The molecular formula is C22H34Hf. The van der Waals surface area contributed by atoms with Gasteiger partial charge in [-0.25, -0.2) is 0 Å². The molecule has 0 aliphatic heterocycles. The van der Waals surface area contributed by atoms with E-state index in [0.29, 0.717) is 0 Å². The van der Waals surface area contributed by atoms with Crippen molar-refractivity contribution in [2.75, 3.05) is 0 Å². The van der Waals surface area contributed by atoms with Gasteiger partial charge in [-0.2, -0.15) is 0 Å². The first-order valence-corrected chi connectivity index (χ1v) is 13.3. The van der Waals surface area contributed by atoms with Crippen LogP contribution in [0, 0.1) is 0 Å². The van der Waals surface area contributed by atoms with Crippen LogP contribution in [0.3, 0.4) is 0 Å². The topological polar surface area (TPSA) is 0 Å². The number of hydrogen-bond acceptors (Lipinski definition) is 0. The maximum atomic E-state index is 2.55. The van der Waals surface area contributed by atoms with Gasteiger partial charge in [0.05, 0.1) is 0 Å². The van der Waals surface area contributed by atoms with Crippen molar-refractivity contribution in [2.45, 2.75) is 91.9 Å². The Bertz CT molecular complexity index is 480. The van der Waals surface area contributed by atoms with E-state index in [1.54, 1.807) is 22.3 Å². The van der Waals surface area contributed by atoms with E-state index in [1.165, 1.54) is 64.2 Å². The van der Waals surface area contributed by atoms with Crippen molar-refractivity contribution in [3.05, 3.63) is 41.1 Å². The second-order valence-electron chi connectivity index (χ2n) is 7.22. The Morgan fingerprint density at radius 2 is 1.17 bits per heavy atom. The summed E-state index contributed by atoms with van der Waals surface area (Å²) < 4.78 is 3.75. The van der Waals surface area contributed by atoms with Crippen LogP contribution in [-0.4, -0.2) is 0 Å². The zero-order valence-corrected chi connectivity index (χ0v) is 19.3. The molecule has 0 radical (unpaired) electrons. The van der Waals surface area contributed by atoms with Gasteiger partial charge in [-0.3, -0.25) is 0 Å². The summed E-state index contributed by atoms with van der Waals surface area (Å²) in [6, 6.07) is 0. The van der Waals surface area contributed by atoms with E-state index < -0.39 is 22.9 Å². The summed E-state index contributed by atoms with van der Waals surface area (Å²) >= 11 is -0.861. The molecule has 0 nitrogen and oxygen atoms in total. The molecule has 0 saturated heterocycles. The van der Waals surface area contributed by atoms with E-state index in [0.717, 1.165) is 0 Å². The van der Waals surface area contributed by atoms with E-state index in [-0.39, 0.29) is 0 Å². The molecule has 0 N–H and O–H groups in total. The van der Waals surface area contributed by atoms with Gasteiger partial charge in [-0.15, -0.1) is 0 Å². The Kier molecular flexibility index (Phi) is 8.30. The molecule has 0 spiro atoms. The van der Waals surface area contributed by atoms with Crippen LogP contribution >= 0.6 is 0 Å². The Morgan fingerprint density at radius 1 is 0.739 bits per heavy atom. The van der Waals surface area contributed by atoms with Crippen LogP contribution in [0.2, 0.25) is 0 Å². The van der Waals surface area contributed by atoms with Crippen LogP contribution in [0.1, 0.15) is 91.9 Å². The van der Waals surface area contributed by atoms with Crippen LogP contribution in [-0.2, 0) is 22.9 Å². The molecule has 0 heterocycles. The van der Waals surface area contributed by atoms with Crippen LogP contribution < -0.4 is 0 Å². The fourth-order valence-electron chi connectivity index (χ4n) is 3.59. The van der Waals surface area contributed by atoms with Crippen LogP contribution in [0.5, 0.6) is 0 Å². The summed E-state index contributed by atoms with van der Waals surface area (Å²) in [4.78, 5) is 0. The van der Waals surface area contributed by atoms with Crippen molar-refractivity contribution in [2.24, 2.45) is 0 Å². The minimum atomic E-state index is -0.861. The molecule has 0 amide bonds. The minimum absolute atomic E-state index is 0.861. The third-order valence-corrected chi connectivity index (χ3v) is 12.3. The molecule has 0 unspecified atom stereocenters. The molecular weight excluding hydrogens is 443 g/mol. The first-order valence-electron chi connectivity index (χ1n) is 9.72. The predicted octanol–water partition coefficient (Wildman–Crippen LogP) is 7.44. The molecule has 23 heavy (non-hydrogen) atoms. The zero-order chi connectivity index (χ0) is 16.7. The van der Waals surface area contributed by atoms with E-state index in [4.69, 9.17) is 0 Å². The standard InChI is InChI=1S/2C11H17.Hf/c2*1-3-4-5-6-11-8-7-10(2)9-11;/h2*8H,3-7H2,1-2H3;. The third kappa shape index (κ3) is 5.41. The zero-order valence-electron chi connectivity index (χ0n) is 15.7. The SMILES string of the molecule is CCCCCC1=CCC(C)=[C]1[Hf][C]1=C(C)CC=C1CCCCC. The van der Waals surface area contributed by atoms with Gasteiger partial charge in [0.25, 0.3) is 0 Å². The first kappa shape index (κ1) is 19.2. The molecule has 0 bridgehead atoms. The molecule has 0 saturated carbocycles. The normalized spacial score (nSPS) is 17.9. The molecule has 2 aliphatic rings. The van der Waals surface area contributed by atoms with Gasteiger partial charge in [-0.05, 0) is 0 Å². The van der Waals surface area contributed by atoms with Gasteiger partial charge in [0, 0.05) is 0 Å². The maximum absolute atomic E-state index is 2.55. The van der Waals surface area contributed by atoms with E-state index >= 15 is 0 Å². The molecule has 0 aromatic rings. The van der Waals surface area contributed by atoms with Crippen LogP contribution in [0.4, 0.5) is 0 Å². The number of allylic oxidation sites excluding steroid dienone is 8. The molecule has 0 fully saturated rings. The monoisotopic (exact) mass is 478 g/mol. The molecule has 0 atom stereocenters. The van der Waals surface area contributed by atoms with Crippen molar-refractivity contribution in [1.82, 2.24) is 0 Å². The van der Waals surface area contributed by atoms with Gasteiger partial charge in [0.15, 0.2) is 0 Å². The Hall–Kier alpha value is -0.170. The summed E-state index contributed by atoms with van der Waals surface area (Å²) in [5.41, 5.74) is 6.92.